The van der Waals surface area contributed by atoms with Crippen LogP contribution < -0.4 is 10.6 Å². The summed E-state index contributed by atoms with van der Waals surface area (Å²) in [6.45, 7) is 9.89. The van der Waals surface area contributed by atoms with Crippen LogP contribution in [0.4, 0.5) is 0 Å². The second-order valence-electron chi connectivity index (χ2n) is 7.74. The van der Waals surface area contributed by atoms with Crippen molar-refractivity contribution in [2.75, 3.05) is 0 Å². The lowest BCUT2D eigenvalue weighted by molar-refractivity contribution is -0.159. The molecule has 0 saturated carbocycles. The molecular formula is C18H26Cl2N2O4. The Morgan fingerprint density at radius 3 is 2.00 bits per heavy atom. The van der Waals surface area contributed by atoms with Gasteiger partial charge in [-0.3, -0.25) is 0 Å². The second-order valence-corrected chi connectivity index (χ2v) is 8.55. The first kappa shape index (κ1) is 22.7. The summed E-state index contributed by atoms with van der Waals surface area (Å²) in [5.74, 6) is -3.65. The molecule has 1 saturated heterocycles. The fourth-order valence-electron chi connectivity index (χ4n) is 3.38. The van der Waals surface area contributed by atoms with Crippen LogP contribution in [0.25, 0.3) is 0 Å². The van der Waals surface area contributed by atoms with Crippen LogP contribution in [-0.2, 0) is 16.1 Å². The maximum atomic E-state index is 9.10. The summed E-state index contributed by atoms with van der Waals surface area (Å²) in [5.41, 5.74) is 1.50. The lowest BCUT2D eigenvalue weighted by Crippen LogP contribution is -2.61. The van der Waals surface area contributed by atoms with Crippen molar-refractivity contribution in [1.29, 1.82) is 0 Å². The summed E-state index contributed by atoms with van der Waals surface area (Å²) in [4.78, 5) is 18.2. The summed E-state index contributed by atoms with van der Waals surface area (Å²) >= 11 is 12.0. The van der Waals surface area contributed by atoms with Crippen molar-refractivity contribution in [3.05, 3.63) is 33.8 Å². The highest BCUT2D eigenvalue weighted by Crippen LogP contribution is 2.29. The molecule has 1 aliphatic rings. The number of benzene rings is 1. The van der Waals surface area contributed by atoms with Crippen LogP contribution in [0.15, 0.2) is 18.2 Å². The van der Waals surface area contributed by atoms with Gasteiger partial charge in [0.15, 0.2) is 0 Å². The molecule has 0 aromatic heterocycles. The molecule has 146 valence electrons. The number of aliphatic carboxylic acids is 2. The molecule has 0 bridgehead atoms. The van der Waals surface area contributed by atoms with Crippen LogP contribution in [0.5, 0.6) is 0 Å². The zero-order valence-corrected chi connectivity index (χ0v) is 16.9. The average Bonchev–Trinajstić information content (AvgIpc) is 2.46. The maximum absolute atomic E-state index is 9.10. The van der Waals surface area contributed by atoms with E-state index in [0.29, 0.717) is 16.1 Å². The Balaban J connectivity index is 0.000000487. The molecule has 0 aliphatic carbocycles. The molecule has 26 heavy (non-hydrogen) atoms. The molecule has 1 aromatic carbocycles. The normalized spacial score (nSPS) is 18.5. The fourth-order valence-corrected chi connectivity index (χ4v) is 3.70. The monoisotopic (exact) mass is 404 g/mol. The number of carboxylic acids is 2. The van der Waals surface area contributed by atoms with Crippen molar-refractivity contribution in [3.8, 4) is 0 Å². The Labute approximate surface area is 163 Å². The first-order valence-electron chi connectivity index (χ1n) is 8.24. The number of piperidine rings is 1. The zero-order chi connectivity index (χ0) is 20.1. The van der Waals surface area contributed by atoms with Crippen molar-refractivity contribution < 1.29 is 19.8 Å². The molecule has 0 unspecified atom stereocenters. The topological polar surface area (TPSA) is 98.7 Å². The van der Waals surface area contributed by atoms with Gasteiger partial charge in [0.25, 0.3) is 0 Å². The van der Waals surface area contributed by atoms with E-state index in [1.165, 1.54) is 5.56 Å². The van der Waals surface area contributed by atoms with Crippen molar-refractivity contribution >= 4 is 35.1 Å². The number of carbonyl (C=O) groups is 2. The third-order valence-corrected chi connectivity index (χ3v) is 4.69. The standard InChI is InChI=1S/C16H24Cl2N2.C2H2O4/c1-15(2)8-12(9-16(3,4)20-15)19-10-11-5-6-13(17)14(18)7-11;3-1(4)2(5)6/h5-7,12,19-20H,8-10H2,1-4H3;(H,3,4)(H,5,6). The van der Waals surface area contributed by atoms with Crippen molar-refractivity contribution in [2.45, 2.75) is 64.2 Å². The van der Waals surface area contributed by atoms with E-state index in [-0.39, 0.29) is 11.1 Å². The minimum absolute atomic E-state index is 0.164. The summed E-state index contributed by atoms with van der Waals surface area (Å²) in [6.07, 6.45) is 2.25. The van der Waals surface area contributed by atoms with E-state index in [1.807, 2.05) is 18.2 Å². The number of nitrogens with one attached hydrogen (secondary N) is 2. The first-order valence-corrected chi connectivity index (χ1v) is 9.00. The molecule has 6 nitrogen and oxygen atoms in total. The quantitative estimate of drug-likeness (QED) is 0.574. The number of hydrogen-bond donors (Lipinski definition) is 4. The van der Waals surface area contributed by atoms with E-state index in [1.54, 1.807) is 0 Å². The van der Waals surface area contributed by atoms with Gasteiger partial charge < -0.3 is 20.8 Å². The summed E-state index contributed by atoms with van der Waals surface area (Å²) in [7, 11) is 0. The van der Waals surface area contributed by atoms with Crippen LogP contribution in [0.2, 0.25) is 10.0 Å². The van der Waals surface area contributed by atoms with Gasteiger partial charge in [-0.05, 0) is 58.2 Å². The lowest BCUT2D eigenvalue weighted by Gasteiger charge is -2.46. The maximum Gasteiger partial charge on any atom is 0.414 e. The van der Waals surface area contributed by atoms with Gasteiger partial charge in [0.2, 0.25) is 0 Å². The average molecular weight is 405 g/mol. The van der Waals surface area contributed by atoms with Crippen LogP contribution in [-0.4, -0.2) is 39.3 Å². The molecular weight excluding hydrogens is 379 g/mol. The van der Waals surface area contributed by atoms with E-state index in [4.69, 9.17) is 43.0 Å². The Hall–Kier alpha value is -1.34. The highest BCUT2D eigenvalue weighted by Gasteiger charge is 2.37. The third kappa shape index (κ3) is 7.91. The van der Waals surface area contributed by atoms with Crippen molar-refractivity contribution in [2.24, 2.45) is 0 Å². The van der Waals surface area contributed by atoms with Gasteiger partial charge in [0.05, 0.1) is 10.0 Å². The van der Waals surface area contributed by atoms with Gasteiger partial charge in [0.1, 0.15) is 0 Å². The highest BCUT2D eigenvalue weighted by atomic mass is 35.5. The highest BCUT2D eigenvalue weighted by molar-refractivity contribution is 6.42. The Kier molecular flexibility index (Phi) is 7.89. The molecule has 0 radical (unpaired) electrons. The molecule has 0 atom stereocenters. The van der Waals surface area contributed by atoms with Crippen molar-refractivity contribution in [3.63, 3.8) is 0 Å². The van der Waals surface area contributed by atoms with E-state index < -0.39 is 11.9 Å². The molecule has 1 aromatic rings. The van der Waals surface area contributed by atoms with Gasteiger partial charge in [-0.25, -0.2) is 9.59 Å². The van der Waals surface area contributed by atoms with Crippen molar-refractivity contribution in [1.82, 2.24) is 10.6 Å². The molecule has 1 heterocycles. The van der Waals surface area contributed by atoms with Crippen LogP contribution in [0, 0.1) is 0 Å². The van der Waals surface area contributed by atoms with Gasteiger partial charge in [-0.15, -0.1) is 0 Å². The number of rotatable bonds is 3. The molecule has 8 heteroatoms. The minimum atomic E-state index is -1.82. The predicted octanol–water partition coefficient (Wildman–Crippen LogP) is 3.55. The van der Waals surface area contributed by atoms with Crippen LogP contribution in [0.3, 0.4) is 0 Å². The Morgan fingerprint density at radius 1 is 1.08 bits per heavy atom. The van der Waals surface area contributed by atoms with E-state index in [9.17, 15) is 0 Å². The molecule has 0 spiro atoms. The van der Waals surface area contributed by atoms with Gasteiger partial charge >= 0.3 is 11.9 Å². The third-order valence-electron chi connectivity index (χ3n) is 3.95. The number of hydrogen-bond acceptors (Lipinski definition) is 4. The van der Waals surface area contributed by atoms with Gasteiger partial charge in [-0.1, -0.05) is 29.3 Å². The van der Waals surface area contributed by atoms with Gasteiger partial charge in [-0.2, -0.15) is 0 Å². The number of halogens is 2. The first-order chi connectivity index (χ1) is 11.8. The summed E-state index contributed by atoms with van der Waals surface area (Å²) in [6, 6.07) is 6.33. The summed E-state index contributed by atoms with van der Waals surface area (Å²) < 4.78 is 0. The predicted molar refractivity (Wildman–Crippen MR) is 103 cm³/mol. The lowest BCUT2D eigenvalue weighted by atomic mass is 9.79. The smallest absolute Gasteiger partial charge is 0.414 e. The molecule has 1 fully saturated rings. The SMILES string of the molecule is CC1(C)CC(NCc2ccc(Cl)c(Cl)c2)CC(C)(C)N1.O=C(O)C(=O)O. The van der Waals surface area contributed by atoms with E-state index >= 15 is 0 Å². The molecule has 2 rings (SSSR count). The molecule has 4 N–H and O–H groups in total. The number of carboxylic acid groups (broad SMARTS) is 2. The Morgan fingerprint density at radius 2 is 1.58 bits per heavy atom. The van der Waals surface area contributed by atoms with Gasteiger partial charge in [0, 0.05) is 23.7 Å². The molecule has 0 amide bonds. The van der Waals surface area contributed by atoms with E-state index in [2.05, 4.69) is 38.3 Å². The minimum Gasteiger partial charge on any atom is -0.473 e. The fraction of sp³-hybridized carbons (Fsp3) is 0.556. The van der Waals surface area contributed by atoms with Crippen LogP contribution >= 0.6 is 23.2 Å². The molecule has 1 aliphatic heterocycles. The zero-order valence-electron chi connectivity index (χ0n) is 15.4. The Bertz CT molecular complexity index is 635. The largest absolute Gasteiger partial charge is 0.473 e. The second kappa shape index (κ2) is 9.04. The van der Waals surface area contributed by atoms with E-state index in [0.717, 1.165) is 19.4 Å². The summed E-state index contributed by atoms with van der Waals surface area (Å²) in [5, 5.41) is 23.4. The van der Waals surface area contributed by atoms with Crippen LogP contribution in [0.1, 0.15) is 46.1 Å².